The Balaban J connectivity index is 0.000000351. The summed E-state index contributed by atoms with van der Waals surface area (Å²) in [7, 11) is 0. The van der Waals surface area contributed by atoms with Crippen LogP contribution in [0.1, 0.15) is 68.2 Å². The molecule has 0 amide bonds. The molecule has 2 heterocycles. The first-order valence-electron chi connectivity index (χ1n) is 11.9. The van der Waals surface area contributed by atoms with Crippen molar-refractivity contribution in [1.29, 1.82) is 0 Å². The summed E-state index contributed by atoms with van der Waals surface area (Å²) in [6, 6.07) is 0. The van der Waals surface area contributed by atoms with Gasteiger partial charge in [-0.05, 0) is 12.8 Å². The summed E-state index contributed by atoms with van der Waals surface area (Å²) in [6.07, 6.45) is -0.404. The molecule has 9 atom stereocenters. The normalized spacial score (nSPS) is 34.5. The fraction of sp³-hybridized carbons (Fsp3) is 0.833. The third-order valence-electron chi connectivity index (χ3n) is 5.97. The second kappa shape index (κ2) is 14.7. The van der Waals surface area contributed by atoms with Gasteiger partial charge in [0.05, 0.1) is 18.8 Å². The summed E-state index contributed by atoms with van der Waals surface area (Å²) in [6.45, 7) is 13.5. The van der Waals surface area contributed by atoms with Gasteiger partial charge in [0, 0.05) is 39.5 Å². The fourth-order valence-electron chi connectivity index (χ4n) is 4.37. The van der Waals surface area contributed by atoms with Crippen LogP contribution in [-0.2, 0) is 47.6 Å². The van der Waals surface area contributed by atoms with Crippen LogP contribution < -0.4 is 0 Å². The van der Waals surface area contributed by atoms with Gasteiger partial charge >= 0.3 is 23.9 Å². The van der Waals surface area contributed by atoms with Crippen molar-refractivity contribution in [2.45, 2.75) is 110 Å². The number of ether oxygens (including phenoxy) is 6. The van der Waals surface area contributed by atoms with E-state index < -0.39 is 41.4 Å². The molecule has 2 aliphatic rings. The largest absolute Gasteiger partial charge is 0.458 e. The Morgan fingerprint density at radius 1 is 0.714 bits per heavy atom. The fourth-order valence-corrected chi connectivity index (χ4v) is 5.05. The first-order chi connectivity index (χ1) is 16.3. The van der Waals surface area contributed by atoms with Crippen molar-refractivity contribution in [3.63, 3.8) is 0 Å². The van der Waals surface area contributed by atoms with Crippen LogP contribution in [-0.4, -0.2) is 72.1 Å². The zero-order valence-corrected chi connectivity index (χ0v) is 23.4. The lowest BCUT2D eigenvalue weighted by Gasteiger charge is -2.42. The van der Waals surface area contributed by atoms with Crippen LogP contribution >= 0.6 is 15.9 Å². The Labute approximate surface area is 215 Å². The van der Waals surface area contributed by atoms with Crippen LogP contribution in [0.3, 0.4) is 0 Å². The number of halogens is 1. The van der Waals surface area contributed by atoms with E-state index in [1.54, 1.807) is 0 Å². The molecule has 0 bridgehead atoms. The van der Waals surface area contributed by atoms with E-state index in [1.807, 2.05) is 27.7 Å². The molecule has 0 saturated carbocycles. The highest BCUT2D eigenvalue weighted by atomic mass is 79.9. The topological polar surface area (TPSA) is 124 Å². The molecule has 11 heteroatoms. The van der Waals surface area contributed by atoms with E-state index in [0.29, 0.717) is 0 Å². The lowest BCUT2D eigenvalue weighted by atomic mass is 9.90. The number of rotatable bonds is 6. The maximum absolute atomic E-state index is 11.2. The Morgan fingerprint density at radius 2 is 1.14 bits per heavy atom. The minimum atomic E-state index is -0.621. The minimum Gasteiger partial charge on any atom is -0.458 e. The number of esters is 4. The molecular formula is C24H39BrO10. The van der Waals surface area contributed by atoms with Crippen molar-refractivity contribution in [2.24, 2.45) is 11.8 Å². The third kappa shape index (κ3) is 9.69. The molecule has 35 heavy (non-hydrogen) atoms. The molecule has 0 aromatic rings. The highest BCUT2D eigenvalue weighted by Crippen LogP contribution is 2.34. The maximum atomic E-state index is 11.2. The second-order valence-electron chi connectivity index (χ2n) is 8.80. The second-order valence-corrected chi connectivity index (χ2v) is 9.70. The molecule has 0 aromatic carbocycles. The Kier molecular flexibility index (Phi) is 13.2. The number of alkyl halides is 1. The van der Waals surface area contributed by atoms with Gasteiger partial charge in [-0.25, -0.2) is 0 Å². The summed E-state index contributed by atoms with van der Waals surface area (Å²) >= 11 is 3.33. The van der Waals surface area contributed by atoms with Crippen molar-refractivity contribution < 1.29 is 47.6 Å². The Hall–Kier alpha value is -1.72. The van der Waals surface area contributed by atoms with Gasteiger partial charge < -0.3 is 28.4 Å². The molecule has 1 unspecified atom stereocenters. The van der Waals surface area contributed by atoms with E-state index in [1.165, 1.54) is 27.7 Å². The van der Waals surface area contributed by atoms with Crippen molar-refractivity contribution in [2.75, 3.05) is 6.61 Å². The first-order valence-corrected chi connectivity index (χ1v) is 12.8. The summed E-state index contributed by atoms with van der Waals surface area (Å²) < 4.78 is 32.2. The zero-order chi connectivity index (χ0) is 26.9. The van der Waals surface area contributed by atoms with Crippen LogP contribution in [0.15, 0.2) is 0 Å². The lowest BCUT2D eigenvalue weighted by molar-refractivity contribution is -0.206. The number of carbonyl (C=O) groups is 4. The molecule has 0 aromatic heterocycles. The quantitative estimate of drug-likeness (QED) is 0.268. The predicted octanol–water partition coefficient (Wildman–Crippen LogP) is 3.31. The lowest BCUT2D eigenvalue weighted by Crippen LogP contribution is -2.54. The van der Waals surface area contributed by atoms with Crippen molar-refractivity contribution >= 4 is 39.8 Å². The standard InChI is InChI=1S/C12H19BrO5.C12H20O5/c1-5-9-6(2)10(16-7(3)14)11(12(13)18-9)17-8(4)15;1-5-10-7(2)12(17-9(4)14)11(6-15-10)16-8(3)13/h6,9-12H,5H2,1-4H3;7,10-12H,5-6H2,1-4H3/t6-,9-,10+,11-,12?;7-,10-,11+,12+/m11/s1. The number of hydrogen-bond donors (Lipinski definition) is 0. The number of hydrogen-bond acceptors (Lipinski definition) is 10. The van der Waals surface area contributed by atoms with Gasteiger partial charge in [-0.1, -0.05) is 43.6 Å². The maximum Gasteiger partial charge on any atom is 0.303 e. The summed E-state index contributed by atoms with van der Waals surface area (Å²) in [5.74, 6) is -1.58. The Morgan fingerprint density at radius 3 is 1.60 bits per heavy atom. The molecule has 0 spiro atoms. The van der Waals surface area contributed by atoms with E-state index in [9.17, 15) is 19.2 Å². The van der Waals surface area contributed by atoms with Crippen molar-refractivity contribution in [3.8, 4) is 0 Å². The van der Waals surface area contributed by atoms with E-state index >= 15 is 0 Å². The molecule has 202 valence electrons. The number of carbonyl (C=O) groups excluding carboxylic acids is 4. The van der Waals surface area contributed by atoms with Crippen LogP contribution in [0.4, 0.5) is 0 Å². The van der Waals surface area contributed by atoms with Gasteiger partial charge in [0.15, 0.2) is 17.2 Å². The van der Waals surface area contributed by atoms with Gasteiger partial charge in [0.25, 0.3) is 0 Å². The molecule has 0 aliphatic carbocycles. The molecule has 2 aliphatic heterocycles. The van der Waals surface area contributed by atoms with Crippen LogP contribution in [0.5, 0.6) is 0 Å². The zero-order valence-electron chi connectivity index (χ0n) is 21.8. The van der Waals surface area contributed by atoms with E-state index in [4.69, 9.17) is 28.4 Å². The van der Waals surface area contributed by atoms with Gasteiger partial charge in [-0.15, -0.1) is 0 Å². The summed E-state index contributed by atoms with van der Waals surface area (Å²) in [5.41, 5.74) is 0. The molecule has 2 rings (SSSR count). The summed E-state index contributed by atoms with van der Waals surface area (Å²) in [4.78, 5) is 44.3. The molecule has 10 nitrogen and oxygen atoms in total. The predicted molar refractivity (Wildman–Crippen MR) is 128 cm³/mol. The SMILES string of the molecule is CC[C@H]1OC(Br)[C@H](OC(C)=O)[C@@H](OC(C)=O)[C@@H]1C.CC[C@H]1OC[C@H](OC(C)=O)[C@@H](OC(C)=O)[C@@H]1C. The molecule has 0 N–H and O–H groups in total. The molecule has 2 fully saturated rings. The van der Waals surface area contributed by atoms with E-state index in [2.05, 4.69) is 15.9 Å². The summed E-state index contributed by atoms with van der Waals surface area (Å²) in [5, 5.41) is -0.466. The average molecular weight is 567 g/mol. The minimum absolute atomic E-state index is 0.0157. The van der Waals surface area contributed by atoms with Crippen molar-refractivity contribution in [3.05, 3.63) is 0 Å². The van der Waals surface area contributed by atoms with Crippen molar-refractivity contribution in [1.82, 2.24) is 0 Å². The average Bonchev–Trinajstić information content (AvgIpc) is 2.75. The van der Waals surface area contributed by atoms with Gasteiger partial charge in [0.2, 0.25) is 0 Å². The van der Waals surface area contributed by atoms with Gasteiger partial charge in [0.1, 0.15) is 12.2 Å². The molecular weight excluding hydrogens is 528 g/mol. The third-order valence-corrected chi connectivity index (χ3v) is 6.70. The highest BCUT2D eigenvalue weighted by molar-refractivity contribution is 9.09. The smallest absolute Gasteiger partial charge is 0.303 e. The van der Waals surface area contributed by atoms with Crippen LogP contribution in [0, 0.1) is 11.8 Å². The monoisotopic (exact) mass is 566 g/mol. The van der Waals surface area contributed by atoms with Gasteiger partial charge in [-0.3, -0.25) is 19.2 Å². The van der Waals surface area contributed by atoms with Gasteiger partial charge in [-0.2, -0.15) is 0 Å². The highest BCUT2D eigenvalue weighted by Gasteiger charge is 2.46. The van der Waals surface area contributed by atoms with E-state index in [-0.39, 0.29) is 42.6 Å². The first kappa shape index (κ1) is 31.3. The van der Waals surface area contributed by atoms with Crippen LogP contribution in [0.25, 0.3) is 0 Å². The molecule has 2 saturated heterocycles. The molecule has 0 radical (unpaired) electrons. The van der Waals surface area contributed by atoms with Crippen LogP contribution in [0.2, 0.25) is 0 Å². The Bertz CT molecular complexity index is 729. The van der Waals surface area contributed by atoms with E-state index in [0.717, 1.165) is 12.8 Å².